The van der Waals surface area contributed by atoms with E-state index >= 15 is 33.6 Å². The van der Waals surface area contributed by atoms with Crippen molar-refractivity contribution in [3.63, 3.8) is 0 Å². The SMILES string of the molecule is C=CC[C@@H]1NC(=O)[C@H](Cc2c[nH]c3ccccc23)NC(=O)[C@@H]2CCCN2C(=O)[C@H](CC(C)C)NC(=O)[C@H](Cc2cnc[nH]2)NC(=O)[C@@H]2CCCN2C(=O)[C@H](CC(N)=O)NC(=O)[C@H](C)N(C)C(=O)[C@H](Cc2ccc(O)cc2)NC(=O)CSC[C@@H](C(=O)NCC(N)=O)NC(=O)[C@H](C)NC(=O)[C@H](CCCC)N(C)C(=O)[C@H](CCCC)N(C)C(=O)[C@H](Cc2c[nH]c3ccccc23)NC1=O. The first kappa shape index (κ1) is 101. The highest BCUT2D eigenvalue weighted by molar-refractivity contribution is 8.00. The molecule has 3 aliphatic rings. The lowest BCUT2D eigenvalue weighted by Gasteiger charge is -2.36. The van der Waals surface area contributed by atoms with Crippen LogP contribution < -0.4 is 64.6 Å². The zero-order chi connectivity index (χ0) is 94.7. The number of nitrogens with one attached hydrogen (secondary N) is 13. The van der Waals surface area contributed by atoms with Crippen LogP contribution in [0.5, 0.6) is 5.75 Å². The lowest BCUT2D eigenvalue weighted by Crippen LogP contribution is -2.61. The third kappa shape index (κ3) is 27.2. The predicted molar refractivity (Wildman–Crippen MR) is 483 cm³/mol. The number of primary amides is 2. The fourth-order valence-corrected chi connectivity index (χ4v) is 17.2. The number of thioether (sulfide) groups is 1. The quantitative estimate of drug-likeness (QED) is 0.0387. The number of nitrogens with two attached hydrogens (primary N) is 2. The zero-order valence-corrected chi connectivity index (χ0v) is 75.7. The molecule has 17 amide bonds. The Bertz CT molecular complexity index is 5060. The molecule has 18 N–H and O–H groups in total. The van der Waals surface area contributed by atoms with Crippen LogP contribution in [0.3, 0.4) is 0 Å². The van der Waals surface area contributed by atoms with Crippen molar-refractivity contribution in [2.45, 2.75) is 235 Å². The Labute approximate surface area is 757 Å². The summed E-state index contributed by atoms with van der Waals surface area (Å²) in [5.41, 5.74) is 14.5. The van der Waals surface area contributed by atoms with Gasteiger partial charge in [-0.1, -0.05) is 108 Å². The summed E-state index contributed by atoms with van der Waals surface area (Å²) >= 11 is 0.797. The molecular weight excluding hydrogens is 1700 g/mol. The summed E-state index contributed by atoms with van der Waals surface area (Å²) in [4.78, 5) is 268. The number of unbranched alkanes of at least 4 members (excludes halogenated alkanes) is 2. The monoisotopic (exact) mass is 1820 g/mol. The van der Waals surface area contributed by atoms with Gasteiger partial charge in [0.2, 0.25) is 100 Å². The van der Waals surface area contributed by atoms with Gasteiger partial charge in [0.15, 0.2) is 0 Å². The smallest absolute Gasteiger partial charge is 0.246 e. The van der Waals surface area contributed by atoms with Gasteiger partial charge in [0, 0.05) is 112 Å². The van der Waals surface area contributed by atoms with Crippen molar-refractivity contribution in [2.24, 2.45) is 17.4 Å². The number of carbonyl (C=O) groups excluding carboxylic acids is 17. The number of aromatic amines is 3. The normalized spacial score (nSPS) is 24.7. The molecular formula is C90H123N21O18S. The number of likely N-dealkylation sites (N-methyl/N-ethyl adjacent to an activating group) is 3. The molecule has 3 fully saturated rings. The van der Waals surface area contributed by atoms with Crippen molar-refractivity contribution in [3.05, 3.63) is 133 Å². The number of rotatable bonds is 23. The van der Waals surface area contributed by atoms with Crippen LogP contribution in [0, 0.1) is 5.92 Å². The van der Waals surface area contributed by atoms with Crippen LogP contribution in [0.4, 0.5) is 0 Å². The number of amides is 17. The van der Waals surface area contributed by atoms with Crippen LogP contribution >= 0.6 is 11.8 Å². The van der Waals surface area contributed by atoms with Crippen molar-refractivity contribution in [2.75, 3.05) is 52.3 Å². The maximum atomic E-state index is 15.7. The molecule has 702 valence electrons. The van der Waals surface area contributed by atoms with Crippen molar-refractivity contribution in [1.29, 1.82) is 0 Å². The minimum absolute atomic E-state index is 0.0176. The summed E-state index contributed by atoms with van der Waals surface area (Å²) in [6.07, 6.45) is 8.31. The number of imidazole rings is 1. The molecule has 40 heteroatoms. The average Bonchev–Trinajstić information content (AvgIpc) is 1.60. The minimum atomic E-state index is -1.74. The van der Waals surface area contributed by atoms with Gasteiger partial charge in [-0.3, -0.25) is 81.5 Å². The van der Waals surface area contributed by atoms with Crippen molar-refractivity contribution in [3.8, 4) is 5.75 Å². The molecule has 3 aliphatic heterocycles. The third-order valence-corrected chi connectivity index (χ3v) is 24.7. The average molecular weight is 1820 g/mol. The van der Waals surface area contributed by atoms with Crippen LogP contribution in [-0.2, 0) is 107 Å². The Morgan fingerprint density at radius 3 is 1.61 bits per heavy atom. The molecule has 0 bridgehead atoms. The Kier molecular flexibility index (Phi) is 37.0. The van der Waals surface area contributed by atoms with E-state index in [9.17, 15) is 53.1 Å². The summed E-state index contributed by atoms with van der Waals surface area (Å²) in [6.45, 7) is 13.1. The molecule has 39 nitrogen and oxygen atoms in total. The number of carbonyl (C=O) groups is 17. The summed E-state index contributed by atoms with van der Waals surface area (Å²) in [7, 11) is 4.03. The molecule has 6 heterocycles. The molecule has 0 aliphatic carbocycles. The number of fused-ring (bicyclic) bond motifs is 4. The van der Waals surface area contributed by atoms with E-state index in [-0.39, 0.29) is 101 Å². The largest absolute Gasteiger partial charge is 0.508 e. The van der Waals surface area contributed by atoms with E-state index in [0.29, 0.717) is 76.3 Å². The number of aromatic nitrogens is 4. The summed E-state index contributed by atoms with van der Waals surface area (Å²) in [5.74, 6) is -15.9. The van der Waals surface area contributed by atoms with Crippen molar-refractivity contribution >= 4 is 134 Å². The maximum Gasteiger partial charge on any atom is 0.246 e. The number of H-pyrrole nitrogens is 3. The standard InChI is InChI=1S/C90H123N21O18S/c1-11-14-27-70-83(122)98-51(6)77(116)106-69(79(118)96-46-75(92)114)47-130-48-76(115)99-66(38-53-31-33-57(112)34-32-53)86(125)107(8)52(7)78(117)103-68(42-74(91)113)89(128)111-36-21-30-72(111)85(124)102-64(41-56-45-93-49-97-56)82(121)104-65(37-50(4)5)88(127)110-35-20-29-71(110)84(123)101-63(39-54-43-94-60-25-18-16-23-58(54)60)81(120)100-62(22-13-3)80(119)105-67(40-55-44-95-61-26-19-17-24-59(55)61)87(126)109(10)73(28-15-12-2)90(129)108(70)9/h13,16-19,23-26,31-34,43-45,49-52,62-73,94-95,112H,3,11-12,14-15,20-22,27-30,35-42,46-48H2,1-2,4-10H3,(H2,91,113)(H2,92,114)(H,93,97)(H,96,118)(H,98,122)(H,99,115)(H,100,120)(H,101,123)(H,102,124)(H,103,117)(H,104,121)(H,105,119)(H,106,116)/t51-,52-,62-,63-,64-,65-,66-,67-,68-,69-,70-,71-,72-,73-/m0/s1. The molecule has 0 saturated carbocycles. The van der Waals surface area contributed by atoms with E-state index in [1.165, 1.54) is 92.6 Å². The third-order valence-electron chi connectivity index (χ3n) is 23.6. The van der Waals surface area contributed by atoms with Gasteiger partial charge in [0.1, 0.15) is 90.3 Å². The van der Waals surface area contributed by atoms with Gasteiger partial charge in [0.25, 0.3) is 0 Å². The second-order valence-corrected chi connectivity index (χ2v) is 34.8. The lowest BCUT2D eigenvalue weighted by molar-refractivity contribution is -0.149. The Morgan fingerprint density at radius 1 is 0.546 bits per heavy atom. The van der Waals surface area contributed by atoms with E-state index in [4.69, 9.17) is 11.5 Å². The Balaban J connectivity index is 1.08. The van der Waals surface area contributed by atoms with E-state index in [0.717, 1.165) is 21.6 Å². The van der Waals surface area contributed by atoms with Gasteiger partial charge >= 0.3 is 0 Å². The van der Waals surface area contributed by atoms with Gasteiger partial charge in [-0.25, -0.2) is 4.98 Å². The highest BCUT2D eigenvalue weighted by Gasteiger charge is 2.45. The highest BCUT2D eigenvalue weighted by Crippen LogP contribution is 2.28. The van der Waals surface area contributed by atoms with Crippen LogP contribution in [0.1, 0.15) is 147 Å². The first-order valence-electron chi connectivity index (χ1n) is 44.0. The first-order valence-corrected chi connectivity index (χ1v) is 45.2. The summed E-state index contributed by atoms with van der Waals surface area (Å²) in [5, 5.41) is 38.6. The molecule has 130 heavy (non-hydrogen) atoms. The summed E-state index contributed by atoms with van der Waals surface area (Å²) in [6, 6.07) is 0.0369. The van der Waals surface area contributed by atoms with Gasteiger partial charge in [-0.05, 0) is 112 Å². The van der Waals surface area contributed by atoms with E-state index in [2.05, 4.69) is 79.7 Å². The number of hydrogen-bond acceptors (Lipinski definition) is 20. The molecule has 0 unspecified atom stereocenters. The molecule has 14 atom stereocenters. The highest BCUT2D eigenvalue weighted by atomic mass is 32.2. The van der Waals surface area contributed by atoms with Crippen LogP contribution in [0.25, 0.3) is 21.8 Å². The minimum Gasteiger partial charge on any atom is -0.508 e. The molecule has 0 spiro atoms. The number of phenolic OH excluding ortho intramolecular Hbond substituents is 1. The maximum absolute atomic E-state index is 15.7. The molecule has 6 aromatic rings. The fourth-order valence-electron chi connectivity index (χ4n) is 16.3. The number of aromatic hydroxyl groups is 1. The topological polar surface area (TPSA) is 559 Å². The van der Waals surface area contributed by atoms with Crippen LogP contribution in [0.15, 0.2) is 110 Å². The Hall–Kier alpha value is -13.2. The molecule has 3 saturated heterocycles. The molecule has 9 rings (SSSR count). The number of benzene rings is 3. The second kappa shape index (κ2) is 47.8. The van der Waals surface area contributed by atoms with Crippen LogP contribution in [-0.4, -0.2) is 287 Å². The van der Waals surface area contributed by atoms with Gasteiger partial charge in [-0.15, -0.1) is 18.3 Å². The van der Waals surface area contributed by atoms with Crippen molar-refractivity contribution < 1.29 is 86.6 Å². The zero-order valence-electron chi connectivity index (χ0n) is 74.9. The van der Waals surface area contributed by atoms with Gasteiger partial charge < -0.3 is 109 Å². The molecule has 0 radical (unpaired) electrons. The summed E-state index contributed by atoms with van der Waals surface area (Å²) < 4.78 is 0. The number of nitrogens with zero attached hydrogens (tertiary/aromatic N) is 6. The van der Waals surface area contributed by atoms with E-state index < -0.39 is 204 Å². The fraction of sp³-hybridized carbons (Fsp3) is 0.511. The van der Waals surface area contributed by atoms with E-state index in [1.807, 2.05) is 64.1 Å². The number of phenols is 1. The molecule has 3 aromatic carbocycles. The van der Waals surface area contributed by atoms with Crippen molar-refractivity contribution in [1.82, 2.24) is 97.6 Å². The van der Waals surface area contributed by atoms with Gasteiger partial charge in [-0.2, -0.15) is 0 Å². The second-order valence-electron chi connectivity index (χ2n) is 33.8. The number of para-hydroxylation sites is 2. The lowest BCUT2D eigenvalue weighted by atomic mass is 9.99. The first-order chi connectivity index (χ1) is 62.0. The molecule has 3 aromatic heterocycles. The Morgan fingerprint density at radius 2 is 1.05 bits per heavy atom. The van der Waals surface area contributed by atoms with Gasteiger partial charge in [0.05, 0.1) is 25.0 Å². The predicted octanol–water partition coefficient (Wildman–Crippen LogP) is 0.441. The van der Waals surface area contributed by atoms with E-state index in [1.54, 1.807) is 24.5 Å². The number of hydrogen-bond donors (Lipinski definition) is 16. The van der Waals surface area contributed by atoms with Crippen LogP contribution in [0.2, 0.25) is 0 Å².